The Balaban J connectivity index is 1.86. The van der Waals surface area contributed by atoms with Crippen LogP contribution < -0.4 is 14.8 Å². The second kappa shape index (κ2) is 8.92. The molecule has 5 heteroatoms. The van der Waals surface area contributed by atoms with Gasteiger partial charge in [0.05, 0.1) is 14.2 Å². The molecule has 0 saturated carbocycles. The van der Waals surface area contributed by atoms with Gasteiger partial charge < -0.3 is 14.8 Å². The van der Waals surface area contributed by atoms with Crippen LogP contribution in [0, 0.1) is 11.8 Å². The Morgan fingerprint density at radius 2 is 1.96 bits per heavy atom. The Hall–Kier alpha value is -1.75. The minimum Gasteiger partial charge on any atom is -0.497 e. The predicted molar refractivity (Wildman–Crippen MR) is 95.4 cm³/mol. The molecule has 1 aliphatic rings. The minimum atomic E-state index is 0.151. The number of nitrogens with one attached hydrogen (secondary N) is 1. The van der Waals surface area contributed by atoms with Crippen molar-refractivity contribution in [3.63, 3.8) is 0 Å². The van der Waals surface area contributed by atoms with Crippen molar-refractivity contribution in [2.24, 2.45) is 11.8 Å². The van der Waals surface area contributed by atoms with Crippen molar-refractivity contribution >= 4 is 5.91 Å². The first-order valence-corrected chi connectivity index (χ1v) is 8.74. The molecule has 2 rings (SSSR count). The molecule has 134 valence electrons. The van der Waals surface area contributed by atoms with E-state index in [0.29, 0.717) is 5.92 Å². The average Bonchev–Trinajstić information content (AvgIpc) is 2.60. The van der Waals surface area contributed by atoms with Crippen molar-refractivity contribution in [1.82, 2.24) is 10.2 Å². The second-order valence-electron chi connectivity index (χ2n) is 6.87. The van der Waals surface area contributed by atoms with Gasteiger partial charge in [0.2, 0.25) is 5.91 Å². The highest BCUT2D eigenvalue weighted by atomic mass is 16.5. The molecular weight excluding hydrogens is 304 g/mol. The molecule has 1 aliphatic heterocycles. The van der Waals surface area contributed by atoms with Crippen LogP contribution in [-0.4, -0.2) is 44.7 Å². The number of carbonyl (C=O) groups is 1. The summed E-state index contributed by atoms with van der Waals surface area (Å²) in [4.78, 5) is 14.6. The maximum absolute atomic E-state index is 12.2. The number of amides is 1. The first kappa shape index (κ1) is 18.6. The molecule has 0 radical (unpaired) electrons. The van der Waals surface area contributed by atoms with E-state index in [0.717, 1.165) is 56.1 Å². The molecule has 0 unspecified atom stereocenters. The van der Waals surface area contributed by atoms with Crippen LogP contribution in [0.2, 0.25) is 0 Å². The summed E-state index contributed by atoms with van der Waals surface area (Å²) in [5.74, 6) is 2.52. The van der Waals surface area contributed by atoms with Gasteiger partial charge in [-0.25, -0.2) is 0 Å². The van der Waals surface area contributed by atoms with Crippen molar-refractivity contribution in [3.8, 4) is 11.5 Å². The Morgan fingerprint density at radius 1 is 1.25 bits per heavy atom. The van der Waals surface area contributed by atoms with Crippen molar-refractivity contribution in [2.45, 2.75) is 33.2 Å². The Bertz CT molecular complexity index is 537. The number of carbonyl (C=O) groups excluding carboxylic acids is 1. The van der Waals surface area contributed by atoms with Crippen LogP contribution in [0.15, 0.2) is 18.2 Å². The van der Waals surface area contributed by atoms with Crippen LogP contribution >= 0.6 is 0 Å². The summed E-state index contributed by atoms with van der Waals surface area (Å²) < 4.78 is 10.7. The fourth-order valence-corrected chi connectivity index (χ4v) is 3.03. The molecule has 1 heterocycles. The molecule has 5 nitrogen and oxygen atoms in total. The van der Waals surface area contributed by atoms with Crippen LogP contribution in [0.25, 0.3) is 0 Å². The Morgan fingerprint density at radius 3 is 2.54 bits per heavy atom. The first-order valence-electron chi connectivity index (χ1n) is 8.74. The van der Waals surface area contributed by atoms with E-state index in [1.54, 1.807) is 14.2 Å². The molecular formula is C19H30N2O3. The number of hydrogen-bond donors (Lipinski definition) is 1. The van der Waals surface area contributed by atoms with E-state index in [1.807, 2.05) is 12.1 Å². The van der Waals surface area contributed by atoms with Gasteiger partial charge in [-0.1, -0.05) is 19.9 Å². The van der Waals surface area contributed by atoms with E-state index in [9.17, 15) is 4.79 Å². The van der Waals surface area contributed by atoms with Gasteiger partial charge in [-0.15, -0.1) is 0 Å². The third-order valence-electron chi connectivity index (χ3n) is 4.53. The Kier molecular flexibility index (Phi) is 6.91. The number of piperidine rings is 1. The lowest BCUT2D eigenvalue weighted by atomic mass is 9.95. The third kappa shape index (κ3) is 5.13. The smallest absolute Gasteiger partial charge is 0.223 e. The molecule has 1 aromatic carbocycles. The SMILES string of the molecule is COc1ccc(CN2CCC(C(=O)NCC(C)C)CC2)c(OC)c1. The zero-order valence-electron chi connectivity index (χ0n) is 15.3. The largest absolute Gasteiger partial charge is 0.497 e. The second-order valence-corrected chi connectivity index (χ2v) is 6.87. The highest BCUT2D eigenvalue weighted by Gasteiger charge is 2.25. The van der Waals surface area contributed by atoms with Gasteiger partial charge in [0.1, 0.15) is 11.5 Å². The number of methoxy groups -OCH3 is 2. The van der Waals surface area contributed by atoms with Crippen LogP contribution in [0.3, 0.4) is 0 Å². The number of rotatable bonds is 7. The number of likely N-dealkylation sites (tertiary alicyclic amines) is 1. The molecule has 0 spiro atoms. The minimum absolute atomic E-state index is 0.151. The lowest BCUT2D eigenvalue weighted by Crippen LogP contribution is -2.41. The van der Waals surface area contributed by atoms with Gasteiger partial charge in [-0.3, -0.25) is 9.69 Å². The first-order chi connectivity index (χ1) is 11.5. The molecule has 1 amide bonds. The highest BCUT2D eigenvalue weighted by molar-refractivity contribution is 5.78. The molecule has 0 bridgehead atoms. The van der Waals surface area contributed by atoms with Gasteiger partial charge in [-0.2, -0.15) is 0 Å². The maximum atomic E-state index is 12.2. The lowest BCUT2D eigenvalue weighted by molar-refractivity contribution is -0.126. The molecule has 1 saturated heterocycles. The number of nitrogens with zero attached hydrogens (tertiary/aromatic N) is 1. The summed E-state index contributed by atoms with van der Waals surface area (Å²) in [5, 5.41) is 3.06. The molecule has 24 heavy (non-hydrogen) atoms. The van der Waals surface area contributed by atoms with Gasteiger partial charge in [-0.05, 0) is 37.9 Å². The summed E-state index contributed by atoms with van der Waals surface area (Å²) in [6, 6.07) is 5.94. The van der Waals surface area contributed by atoms with Gasteiger partial charge in [0, 0.05) is 30.6 Å². The number of ether oxygens (including phenoxy) is 2. The van der Waals surface area contributed by atoms with Crippen molar-refractivity contribution in [1.29, 1.82) is 0 Å². The van der Waals surface area contributed by atoms with Gasteiger partial charge in [0.15, 0.2) is 0 Å². The predicted octanol–water partition coefficient (Wildman–Crippen LogP) is 2.69. The summed E-state index contributed by atoms with van der Waals surface area (Å²) in [6.45, 7) is 7.72. The van der Waals surface area contributed by atoms with Crippen LogP contribution in [-0.2, 0) is 11.3 Å². The highest BCUT2D eigenvalue weighted by Crippen LogP contribution is 2.27. The topological polar surface area (TPSA) is 50.8 Å². The van der Waals surface area contributed by atoms with E-state index < -0.39 is 0 Å². The molecule has 0 aliphatic carbocycles. The Labute approximate surface area is 145 Å². The average molecular weight is 334 g/mol. The summed E-state index contributed by atoms with van der Waals surface area (Å²) in [6.07, 6.45) is 1.84. The molecule has 1 N–H and O–H groups in total. The maximum Gasteiger partial charge on any atom is 0.223 e. The van der Waals surface area contributed by atoms with E-state index in [2.05, 4.69) is 30.1 Å². The molecule has 0 aromatic heterocycles. The summed E-state index contributed by atoms with van der Waals surface area (Å²) >= 11 is 0. The van der Waals surface area contributed by atoms with Gasteiger partial charge in [0.25, 0.3) is 0 Å². The van der Waals surface area contributed by atoms with Crippen molar-refractivity contribution in [2.75, 3.05) is 33.9 Å². The fraction of sp³-hybridized carbons (Fsp3) is 0.632. The normalized spacial score (nSPS) is 16.2. The lowest BCUT2D eigenvalue weighted by Gasteiger charge is -2.31. The monoisotopic (exact) mass is 334 g/mol. The standard InChI is InChI=1S/C19H30N2O3/c1-14(2)12-20-19(22)15-7-9-21(10-8-15)13-16-5-6-17(23-3)11-18(16)24-4/h5-6,11,14-15H,7-10,12-13H2,1-4H3,(H,20,22). The van der Waals surface area contributed by atoms with E-state index in [1.165, 1.54) is 0 Å². The van der Waals surface area contributed by atoms with E-state index in [4.69, 9.17) is 9.47 Å². The van der Waals surface area contributed by atoms with Gasteiger partial charge >= 0.3 is 0 Å². The van der Waals surface area contributed by atoms with Crippen LogP contribution in [0.4, 0.5) is 0 Å². The van der Waals surface area contributed by atoms with Crippen LogP contribution in [0.1, 0.15) is 32.3 Å². The van der Waals surface area contributed by atoms with Crippen LogP contribution in [0.5, 0.6) is 11.5 Å². The molecule has 0 atom stereocenters. The van der Waals surface area contributed by atoms with E-state index >= 15 is 0 Å². The summed E-state index contributed by atoms with van der Waals surface area (Å²) in [5.41, 5.74) is 1.15. The number of hydrogen-bond acceptors (Lipinski definition) is 4. The summed E-state index contributed by atoms with van der Waals surface area (Å²) in [7, 11) is 3.34. The fourth-order valence-electron chi connectivity index (χ4n) is 3.03. The zero-order chi connectivity index (χ0) is 17.5. The van der Waals surface area contributed by atoms with Crippen molar-refractivity contribution < 1.29 is 14.3 Å². The molecule has 1 fully saturated rings. The third-order valence-corrected chi connectivity index (χ3v) is 4.53. The quantitative estimate of drug-likeness (QED) is 0.833. The van der Waals surface area contributed by atoms with E-state index in [-0.39, 0.29) is 11.8 Å². The number of benzene rings is 1. The molecule has 1 aromatic rings. The van der Waals surface area contributed by atoms with Crippen molar-refractivity contribution in [3.05, 3.63) is 23.8 Å². The zero-order valence-corrected chi connectivity index (χ0v) is 15.3.